The van der Waals surface area contributed by atoms with Crippen LogP contribution in [0.5, 0.6) is 0 Å². The van der Waals surface area contributed by atoms with Crippen LogP contribution < -0.4 is 0 Å². The average molecular weight is 337 g/mol. The van der Waals surface area contributed by atoms with Gasteiger partial charge in [0.1, 0.15) is 17.7 Å². The maximum Gasteiger partial charge on any atom is 0.411 e. The third kappa shape index (κ3) is 5.57. The highest BCUT2D eigenvalue weighted by atomic mass is 16.6. The van der Waals surface area contributed by atoms with Gasteiger partial charge in [-0.3, -0.25) is 4.90 Å². The number of carbonyl (C=O) groups is 3. The first-order valence-corrected chi connectivity index (χ1v) is 7.54. The standard InChI is InChI=1S/C17H23NO6/c1-11(14(19)20)18(16(23)24-17(2,3)4)13(15(21)22)10-12-8-6-5-7-9-12/h5-9,11,13H,10H2,1-4H3,(H,19,20)(H,21,22)/t11?,13-/m0/s1. The minimum atomic E-state index is -1.35. The molecule has 0 fully saturated rings. The van der Waals surface area contributed by atoms with Gasteiger partial charge in [0.25, 0.3) is 0 Å². The molecule has 1 rings (SSSR count). The fraction of sp³-hybridized carbons (Fsp3) is 0.471. The predicted octanol–water partition coefficient (Wildman–Crippen LogP) is 2.39. The second kappa shape index (κ2) is 7.81. The number of aliphatic carboxylic acids is 2. The molecule has 0 saturated carbocycles. The molecule has 2 N–H and O–H groups in total. The van der Waals surface area contributed by atoms with Crippen LogP contribution in [-0.4, -0.2) is 50.8 Å². The summed E-state index contributed by atoms with van der Waals surface area (Å²) in [5, 5.41) is 18.8. The molecule has 132 valence electrons. The van der Waals surface area contributed by atoms with E-state index in [9.17, 15) is 24.6 Å². The molecule has 0 aromatic heterocycles. The van der Waals surface area contributed by atoms with Crippen molar-refractivity contribution in [1.82, 2.24) is 4.90 Å². The summed E-state index contributed by atoms with van der Waals surface area (Å²) in [7, 11) is 0. The van der Waals surface area contributed by atoms with Crippen molar-refractivity contribution in [2.75, 3.05) is 0 Å². The van der Waals surface area contributed by atoms with E-state index in [2.05, 4.69) is 0 Å². The highest BCUT2D eigenvalue weighted by Crippen LogP contribution is 2.18. The zero-order valence-electron chi connectivity index (χ0n) is 14.2. The number of amides is 1. The van der Waals surface area contributed by atoms with Crippen LogP contribution >= 0.6 is 0 Å². The second-order valence-corrected chi connectivity index (χ2v) is 6.45. The van der Waals surface area contributed by atoms with Gasteiger partial charge in [-0.15, -0.1) is 0 Å². The van der Waals surface area contributed by atoms with E-state index < -0.39 is 35.7 Å². The van der Waals surface area contributed by atoms with Gasteiger partial charge in [0, 0.05) is 6.42 Å². The molecule has 0 aliphatic rings. The van der Waals surface area contributed by atoms with Gasteiger partial charge in [-0.1, -0.05) is 30.3 Å². The van der Waals surface area contributed by atoms with Crippen molar-refractivity contribution in [3.8, 4) is 0 Å². The number of benzene rings is 1. The number of carbonyl (C=O) groups excluding carboxylic acids is 1. The van der Waals surface area contributed by atoms with E-state index in [4.69, 9.17) is 4.74 Å². The van der Waals surface area contributed by atoms with Gasteiger partial charge in [-0.2, -0.15) is 0 Å². The Bertz CT molecular complexity index is 593. The SMILES string of the molecule is CC(C(=O)O)N(C(=O)OC(C)(C)C)[C@@H](Cc1ccccc1)C(=O)O. The molecule has 1 aromatic carbocycles. The van der Waals surface area contributed by atoms with Crippen molar-refractivity contribution in [2.24, 2.45) is 0 Å². The molecule has 24 heavy (non-hydrogen) atoms. The van der Waals surface area contributed by atoms with E-state index in [1.807, 2.05) is 0 Å². The summed E-state index contributed by atoms with van der Waals surface area (Å²) in [6.45, 7) is 6.14. The van der Waals surface area contributed by atoms with E-state index in [1.54, 1.807) is 51.1 Å². The minimum absolute atomic E-state index is 0.0208. The topological polar surface area (TPSA) is 104 Å². The fourth-order valence-corrected chi connectivity index (χ4v) is 2.13. The summed E-state index contributed by atoms with van der Waals surface area (Å²) >= 11 is 0. The number of carboxylic acid groups (broad SMARTS) is 2. The highest BCUT2D eigenvalue weighted by Gasteiger charge is 2.39. The Hall–Kier alpha value is -2.57. The van der Waals surface area contributed by atoms with Crippen LogP contribution in [0.15, 0.2) is 30.3 Å². The number of hydrogen-bond donors (Lipinski definition) is 2. The lowest BCUT2D eigenvalue weighted by Crippen LogP contribution is -2.54. The number of carboxylic acids is 2. The van der Waals surface area contributed by atoms with Crippen molar-refractivity contribution < 1.29 is 29.3 Å². The molecule has 0 heterocycles. The van der Waals surface area contributed by atoms with Crippen molar-refractivity contribution in [2.45, 2.75) is 51.8 Å². The number of ether oxygens (including phenoxy) is 1. The zero-order chi connectivity index (χ0) is 18.5. The van der Waals surface area contributed by atoms with Gasteiger partial charge < -0.3 is 14.9 Å². The Balaban J connectivity index is 3.18. The van der Waals surface area contributed by atoms with Gasteiger partial charge in [0.05, 0.1) is 0 Å². The van der Waals surface area contributed by atoms with Crippen molar-refractivity contribution in [1.29, 1.82) is 0 Å². The van der Waals surface area contributed by atoms with Crippen molar-refractivity contribution in [3.63, 3.8) is 0 Å². The van der Waals surface area contributed by atoms with Crippen LogP contribution in [0.3, 0.4) is 0 Å². The summed E-state index contributed by atoms with van der Waals surface area (Å²) in [4.78, 5) is 36.2. The number of nitrogens with zero attached hydrogens (tertiary/aromatic N) is 1. The molecule has 0 aliphatic heterocycles. The number of hydrogen-bond acceptors (Lipinski definition) is 4. The first-order chi connectivity index (χ1) is 11.0. The van der Waals surface area contributed by atoms with E-state index >= 15 is 0 Å². The van der Waals surface area contributed by atoms with E-state index in [0.29, 0.717) is 5.56 Å². The van der Waals surface area contributed by atoms with Gasteiger partial charge in [0.2, 0.25) is 0 Å². The fourth-order valence-electron chi connectivity index (χ4n) is 2.13. The van der Waals surface area contributed by atoms with E-state index in [1.165, 1.54) is 6.92 Å². The third-order valence-corrected chi connectivity index (χ3v) is 3.27. The van der Waals surface area contributed by atoms with Gasteiger partial charge in [-0.05, 0) is 33.3 Å². The Kier molecular flexibility index (Phi) is 6.34. The van der Waals surface area contributed by atoms with Gasteiger partial charge in [-0.25, -0.2) is 14.4 Å². The summed E-state index contributed by atoms with van der Waals surface area (Å²) in [5.74, 6) is -2.60. The maximum absolute atomic E-state index is 12.4. The molecule has 2 atom stereocenters. The molecule has 0 radical (unpaired) electrons. The molecule has 0 spiro atoms. The Labute approximate surface area is 140 Å². The Morgan fingerprint density at radius 2 is 1.62 bits per heavy atom. The molecule has 7 heteroatoms. The van der Waals surface area contributed by atoms with Crippen LogP contribution in [0.2, 0.25) is 0 Å². The lowest BCUT2D eigenvalue weighted by Gasteiger charge is -2.33. The molecule has 1 unspecified atom stereocenters. The highest BCUT2D eigenvalue weighted by molar-refractivity contribution is 5.85. The molecule has 0 saturated heterocycles. The van der Waals surface area contributed by atoms with E-state index in [-0.39, 0.29) is 6.42 Å². The van der Waals surface area contributed by atoms with Crippen LogP contribution in [-0.2, 0) is 20.7 Å². The predicted molar refractivity (Wildman–Crippen MR) is 86.7 cm³/mol. The first-order valence-electron chi connectivity index (χ1n) is 7.54. The van der Waals surface area contributed by atoms with Crippen molar-refractivity contribution >= 4 is 18.0 Å². The Morgan fingerprint density at radius 1 is 1.08 bits per heavy atom. The minimum Gasteiger partial charge on any atom is -0.480 e. The summed E-state index contributed by atoms with van der Waals surface area (Å²) in [6.07, 6.45) is -0.992. The van der Waals surface area contributed by atoms with Gasteiger partial charge >= 0.3 is 18.0 Å². The summed E-state index contributed by atoms with van der Waals surface area (Å²) < 4.78 is 5.20. The van der Waals surface area contributed by atoms with Crippen LogP contribution in [0.25, 0.3) is 0 Å². The number of rotatable bonds is 6. The molecular formula is C17H23NO6. The second-order valence-electron chi connectivity index (χ2n) is 6.45. The van der Waals surface area contributed by atoms with Crippen LogP contribution in [0, 0.1) is 0 Å². The van der Waals surface area contributed by atoms with Gasteiger partial charge in [0.15, 0.2) is 0 Å². The molecule has 1 amide bonds. The molecule has 0 bridgehead atoms. The lowest BCUT2D eigenvalue weighted by molar-refractivity contribution is -0.149. The average Bonchev–Trinajstić information content (AvgIpc) is 2.45. The third-order valence-electron chi connectivity index (χ3n) is 3.27. The molecular weight excluding hydrogens is 314 g/mol. The smallest absolute Gasteiger partial charge is 0.411 e. The lowest BCUT2D eigenvalue weighted by atomic mass is 10.0. The van der Waals surface area contributed by atoms with Crippen LogP contribution in [0.1, 0.15) is 33.3 Å². The quantitative estimate of drug-likeness (QED) is 0.826. The molecule has 1 aromatic rings. The normalized spacial score (nSPS) is 13.7. The summed E-state index contributed by atoms with van der Waals surface area (Å²) in [6, 6.07) is 6.01. The molecule has 0 aliphatic carbocycles. The van der Waals surface area contributed by atoms with E-state index in [0.717, 1.165) is 4.90 Å². The first kappa shape index (κ1) is 19.5. The Morgan fingerprint density at radius 3 is 2.04 bits per heavy atom. The maximum atomic E-state index is 12.4. The van der Waals surface area contributed by atoms with Crippen molar-refractivity contribution in [3.05, 3.63) is 35.9 Å². The summed E-state index contributed by atoms with van der Waals surface area (Å²) in [5.41, 5.74) is -0.195. The monoisotopic (exact) mass is 337 g/mol. The molecule has 7 nitrogen and oxygen atoms in total. The zero-order valence-corrected chi connectivity index (χ0v) is 14.2. The largest absolute Gasteiger partial charge is 0.480 e. The van der Waals surface area contributed by atoms with Crippen LogP contribution in [0.4, 0.5) is 4.79 Å².